The molecular formula is C17H15BrN4O4S2. The van der Waals surface area contributed by atoms with E-state index in [1.165, 1.54) is 6.07 Å². The Hall–Kier alpha value is -2.21. The number of rotatable bonds is 6. The molecule has 1 amide bonds. The predicted molar refractivity (Wildman–Crippen MR) is 109 cm³/mol. The molecule has 0 radical (unpaired) electrons. The summed E-state index contributed by atoms with van der Waals surface area (Å²) in [4.78, 5) is 12.1. The molecule has 146 valence electrons. The van der Waals surface area contributed by atoms with Gasteiger partial charge in [-0.15, -0.1) is 10.2 Å². The molecule has 1 aromatic heterocycles. The van der Waals surface area contributed by atoms with E-state index in [9.17, 15) is 13.2 Å². The van der Waals surface area contributed by atoms with Gasteiger partial charge in [0.2, 0.25) is 21.8 Å². The summed E-state index contributed by atoms with van der Waals surface area (Å²) in [5, 5.41) is 15.9. The minimum absolute atomic E-state index is 0.0126. The maximum absolute atomic E-state index is 12.1. The van der Waals surface area contributed by atoms with Gasteiger partial charge in [-0.25, -0.2) is 13.6 Å². The molecule has 3 aromatic rings. The van der Waals surface area contributed by atoms with E-state index >= 15 is 0 Å². The van der Waals surface area contributed by atoms with Crippen LogP contribution in [0, 0.1) is 6.92 Å². The summed E-state index contributed by atoms with van der Waals surface area (Å²) in [6.07, 6.45) is 0. The number of nitrogens with one attached hydrogen (secondary N) is 1. The first-order valence-electron chi connectivity index (χ1n) is 7.88. The number of primary sulfonamides is 1. The van der Waals surface area contributed by atoms with Gasteiger partial charge in [0.05, 0.1) is 10.6 Å². The van der Waals surface area contributed by atoms with Crippen molar-refractivity contribution >= 4 is 49.3 Å². The second-order valence-electron chi connectivity index (χ2n) is 5.75. The monoisotopic (exact) mass is 482 g/mol. The van der Waals surface area contributed by atoms with Crippen molar-refractivity contribution in [1.82, 2.24) is 10.2 Å². The Kier molecular flexibility index (Phi) is 6.18. The fourth-order valence-electron chi connectivity index (χ4n) is 2.31. The molecule has 3 N–H and O–H groups in total. The van der Waals surface area contributed by atoms with Crippen molar-refractivity contribution < 1.29 is 17.6 Å². The lowest BCUT2D eigenvalue weighted by Gasteiger charge is -2.08. The van der Waals surface area contributed by atoms with Gasteiger partial charge in [-0.05, 0) is 42.8 Å². The number of anilines is 1. The third kappa shape index (κ3) is 5.19. The standard InChI is InChI=1S/C17H15BrN4O4S2/c1-10-5-6-13(8-14(10)28(19,24)25)20-15(23)9-27-17-22-21-16(26-17)11-3-2-4-12(18)7-11/h2-8H,9H2,1H3,(H,20,23)(H2,19,24,25). The highest BCUT2D eigenvalue weighted by Gasteiger charge is 2.15. The minimum atomic E-state index is -3.87. The highest BCUT2D eigenvalue weighted by Crippen LogP contribution is 2.25. The topological polar surface area (TPSA) is 128 Å². The second kappa shape index (κ2) is 8.43. The third-order valence-electron chi connectivity index (χ3n) is 3.58. The Morgan fingerprint density at radius 3 is 2.75 bits per heavy atom. The quantitative estimate of drug-likeness (QED) is 0.516. The molecule has 3 rings (SSSR count). The van der Waals surface area contributed by atoms with Crippen LogP contribution in [0.5, 0.6) is 0 Å². The molecule has 0 fully saturated rings. The summed E-state index contributed by atoms with van der Waals surface area (Å²) >= 11 is 4.45. The fraction of sp³-hybridized carbons (Fsp3) is 0.118. The number of benzene rings is 2. The van der Waals surface area contributed by atoms with Gasteiger partial charge in [0.1, 0.15) is 0 Å². The van der Waals surface area contributed by atoms with Gasteiger partial charge in [0.25, 0.3) is 5.22 Å². The summed E-state index contributed by atoms with van der Waals surface area (Å²) in [6.45, 7) is 1.62. The first-order chi connectivity index (χ1) is 13.2. The third-order valence-corrected chi connectivity index (χ3v) is 5.95. The van der Waals surface area contributed by atoms with Crippen molar-refractivity contribution in [1.29, 1.82) is 0 Å². The number of carbonyl (C=O) groups is 1. The van der Waals surface area contributed by atoms with Crippen molar-refractivity contribution in [2.24, 2.45) is 5.14 Å². The molecule has 0 aliphatic heterocycles. The number of sulfonamides is 1. The molecule has 0 saturated heterocycles. The van der Waals surface area contributed by atoms with Crippen LogP contribution in [0.2, 0.25) is 0 Å². The predicted octanol–water partition coefficient (Wildman–Crippen LogP) is 3.19. The first-order valence-corrected chi connectivity index (χ1v) is 11.2. The number of thioether (sulfide) groups is 1. The zero-order chi connectivity index (χ0) is 20.3. The van der Waals surface area contributed by atoms with E-state index in [-0.39, 0.29) is 21.8 Å². The number of amides is 1. The van der Waals surface area contributed by atoms with E-state index in [0.29, 0.717) is 17.1 Å². The number of hydrogen-bond acceptors (Lipinski definition) is 7. The van der Waals surface area contributed by atoms with Crippen molar-refractivity contribution in [2.45, 2.75) is 17.0 Å². The maximum atomic E-state index is 12.1. The molecule has 0 unspecified atom stereocenters. The summed E-state index contributed by atoms with van der Waals surface area (Å²) in [5.41, 5.74) is 1.59. The fourth-order valence-corrected chi connectivity index (χ4v) is 4.09. The van der Waals surface area contributed by atoms with Gasteiger partial charge in [-0.3, -0.25) is 4.79 Å². The average molecular weight is 483 g/mol. The van der Waals surface area contributed by atoms with Crippen LogP contribution in [0.25, 0.3) is 11.5 Å². The van der Waals surface area contributed by atoms with Gasteiger partial charge >= 0.3 is 0 Å². The van der Waals surface area contributed by atoms with Crippen LogP contribution in [-0.4, -0.2) is 30.3 Å². The number of halogens is 1. The number of aromatic nitrogens is 2. The van der Waals surface area contributed by atoms with Crippen LogP contribution in [0.3, 0.4) is 0 Å². The first kappa shape index (κ1) is 20.5. The second-order valence-corrected chi connectivity index (χ2v) is 9.12. The summed E-state index contributed by atoms with van der Waals surface area (Å²) < 4.78 is 29.6. The molecule has 0 aliphatic rings. The van der Waals surface area contributed by atoms with E-state index < -0.39 is 10.0 Å². The Labute approximate surface area is 174 Å². The van der Waals surface area contributed by atoms with Crippen molar-refractivity contribution in [3.63, 3.8) is 0 Å². The molecule has 0 saturated carbocycles. The SMILES string of the molecule is Cc1ccc(NC(=O)CSc2nnc(-c3cccc(Br)c3)o2)cc1S(N)(=O)=O. The van der Waals surface area contributed by atoms with E-state index in [1.807, 2.05) is 24.3 Å². The Balaban J connectivity index is 1.62. The van der Waals surface area contributed by atoms with Crippen molar-refractivity contribution in [2.75, 3.05) is 11.1 Å². The lowest BCUT2D eigenvalue weighted by molar-refractivity contribution is -0.113. The van der Waals surface area contributed by atoms with Gasteiger partial charge in [-0.1, -0.05) is 39.8 Å². The number of hydrogen-bond donors (Lipinski definition) is 2. The highest BCUT2D eigenvalue weighted by molar-refractivity contribution is 9.10. The van der Waals surface area contributed by atoms with Crippen LogP contribution >= 0.6 is 27.7 Å². The van der Waals surface area contributed by atoms with E-state index in [4.69, 9.17) is 9.56 Å². The zero-order valence-electron chi connectivity index (χ0n) is 14.5. The number of carbonyl (C=O) groups excluding carboxylic acids is 1. The lowest BCUT2D eigenvalue weighted by Crippen LogP contribution is -2.17. The maximum Gasteiger partial charge on any atom is 0.277 e. The molecule has 2 aromatic carbocycles. The number of nitrogens with two attached hydrogens (primary N) is 1. The molecule has 0 aliphatic carbocycles. The summed E-state index contributed by atoms with van der Waals surface area (Å²) in [7, 11) is -3.87. The van der Waals surface area contributed by atoms with Gasteiger partial charge < -0.3 is 9.73 Å². The molecule has 28 heavy (non-hydrogen) atoms. The summed E-state index contributed by atoms with van der Waals surface area (Å²) in [5.74, 6) is 0.00979. The van der Waals surface area contributed by atoms with E-state index in [1.54, 1.807) is 19.1 Å². The van der Waals surface area contributed by atoms with Crippen LogP contribution in [0.1, 0.15) is 5.56 Å². The molecular weight excluding hydrogens is 468 g/mol. The smallest absolute Gasteiger partial charge is 0.277 e. The van der Waals surface area contributed by atoms with E-state index in [2.05, 4.69) is 31.4 Å². The lowest BCUT2D eigenvalue weighted by atomic mass is 10.2. The molecule has 0 atom stereocenters. The van der Waals surface area contributed by atoms with Crippen molar-refractivity contribution in [3.05, 3.63) is 52.5 Å². The molecule has 8 nitrogen and oxygen atoms in total. The molecule has 1 heterocycles. The molecule has 0 bridgehead atoms. The molecule has 0 spiro atoms. The highest BCUT2D eigenvalue weighted by atomic mass is 79.9. The Morgan fingerprint density at radius 2 is 2.04 bits per heavy atom. The minimum Gasteiger partial charge on any atom is -0.411 e. The molecule has 11 heteroatoms. The zero-order valence-corrected chi connectivity index (χ0v) is 17.8. The average Bonchev–Trinajstić information content (AvgIpc) is 3.10. The van der Waals surface area contributed by atoms with Crippen LogP contribution in [-0.2, 0) is 14.8 Å². The van der Waals surface area contributed by atoms with Gasteiger partial charge in [-0.2, -0.15) is 0 Å². The van der Waals surface area contributed by atoms with Gasteiger partial charge in [0.15, 0.2) is 0 Å². The van der Waals surface area contributed by atoms with Crippen LogP contribution < -0.4 is 10.5 Å². The van der Waals surface area contributed by atoms with Crippen molar-refractivity contribution in [3.8, 4) is 11.5 Å². The van der Waals surface area contributed by atoms with E-state index in [0.717, 1.165) is 21.8 Å². The van der Waals surface area contributed by atoms with Crippen LogP contribution in [0.15, 0.2) is 61.5 Å². The Morgan fingerprint density at radius 1 is 1.25 bits per heavy atom. The Bertz CT molecular complexity index is 1130. The van der Waals surface area contributed by atoms with Crippen LogP contribution in [0.4, 0.5) is 5.69 Å². The van der Waals surface area contributed by atoms with Gasteiger partial charge in [0, 0.05) is 15.7 Å². The summed E-state index contributed by atoms with van der Waals surface area (Å²) in [6, 6.07) is 11.9. The normalized spacial score (nSPS) is 11.4. The number of nitrogens with zero attached hydrogens (tertiary/aromatic N) is 2. The largest absolute Gasteiger partial charge is 0.411 e. The number of aryl methyl sites for hydroxylation is 1.